The average molecular weight is 367 g/mol. The van der Waals surface area contributed by atoms with E-state index in [1.54, 1.807) is 12.1 Å². The second-order valence-electron chi connectivity index (χ2n) is 6.42. The molecule has 1 aliphatic heterocycles. The van der Waals surface area contributed by atoms with Crippen molar-refractivity contribution >= 4 is 5.91 Å². The van der Waals surface area contributed by atoms with Gasteiger partial charge in [0.25, 0.3) is 11.8 Å². The quantitative estimate of drug-likeness (QED) is 0.693. The number of carbonyl (C=O) groups is 1. The molecule has 6 nitrogen and oxygen atoms in total. The van der Waals surface area contributed by atoms with Crippen molar-refractivity contribution in [1.82, 2.24) is 15.0 Å². The van der Waals surface area contributed by atoms with Crippen LogP contribution in [0, 0.1) is 0 Å². The van der Waals surface area contributed by atoms with Crippen LogP contribution in [-0.4, -0.2) is 40.6 Å². The number of alkyl halides is 1. The Morgan fingerprint density at radius 3 is 2.59 bits per heavy atom. The zero-order valence-corrected chi connectivity index (χ0v) is 14.5. The average Bonchev–Trinajstić information content (AvgIpc) is 3.36. The highest BCUT2D eigenvalue weighted by Gasteiger charge is 2.45. The van der Waals surface area contributed by atoms with Gasteiger partial charge in [0.1, 0.15) is 5.75 Å². The van der Waals surface area contributed by atoms with E-state index in [1.807, 2.05) is 48.5 Å². The maximum absolute atomic E-state index is 15.3. The molecule has 1 atom stereocenters. The molecule has 1 saturated heterocycles. The monoisotopic (exact) mass is 367 g/mol. The summed E-state index contributed by atoms with van der Waals surface area (Å²) < 4.78 is 26.0. The second kappa shape index (κ2) is 7.19. The molecule has 0 aliphatic carbocycles. The van der Waals surface area contributed by atoms with Gasteiger partial charge < -0.3 is 14.2 Å². The third-order valence-electron chi connectivity index (χ3n) is 4.53. The van der Waals surface area contributed by atoms with E-state index in [0.29, 0.717) is 5.75 Å². The van der Waals surface area contributed by atoms with Crippen LogP contribution in [0.2, 0.25) is 0 Å². The van der Waals surface area contributed by atoms with Gasteiger partial charge in [-0.3, -0.25) is 4.79 Å². The molecule has 2 heterocycles. The molecule has 1 fully saturated rings. The van der Waals surface area contributed by atoms with E-state index in [9.17, 15) is 4.79 Å². The van der Waals surface area contributed by atoms with Crippen molar-refractivity contribution in [2.75, 3.05) is 19.7 Å². The van der Waals surface area contributed by atoms with Gasteiger partial charge in [0.15, 0.2) is 12.3 Å². The van der Waals surface area contributed by atoms with Crippen molar-refractivity contribution in [3.05, 3.63) is 66.5 Å². The van der Waals surface area contributed by atoms with Crippen LogP contribution in [0.4, 0.5) is 4.39 Å². The van der Waals surface area contributed by atoms with Gasteiger partial charge in [-0.15, -0.1) is 0 Å². The lowest BCUT2D eigenvalue weighted by Gasteiger charge is -2.18. The van der Waals surface area contributed by atoms with Gasteiger partial charge in [0.2, 0.25) is 5.82 Å². The molecular weight excluding hydrogens is 349 g/mol. The molecule has 3 aromatic rings. The normalized spacial score (nSPS) is 19.2. The first-order chi connectivity index (χ1) is 13.1. The molecule has 27 heavy (non-hydrogen) atoms. The first kappa shape index (κ1) is 17.2. The molecule has 0 spiro atoms. The minimum Gasteiger partial charge on any atom is -0.484 e. The fourth-order valence-electron chi connectivity index (χ4n) is 3.02. The smallest absolute Gasteiger partial charge is 0.260 e. The molecule has 1 aromatic heterocycles. The Labute approximate surface area is 155 Å². The van der Waals surface area contributed by atoms with E-state index < -0.39 is 5.67 Å². The Balaban J connectivity index is 1.40. The van der Waals surface area contributed by atoms with E-state index in [1.165, 1.54) is 4.90 Å². The Morgan fingerprint density at radius 2 is 1.85 bits per heavy atom. The number of halogens is 1. The van der Waals surface area contributed by atoms with Crippen LogP contribution >= 0.6 is 0 Å². The van der Waals surface area contributed by atoms with E-state index in [4.69, 9.17) is 9.26 Å². The van der Waals surface area contributed by atoms with Gasteiger partial charge in [0.05, 0.1) is 6.54 Å². The summed E-state index contributed by atoms with van der Waals surface area (Å²) in [6, 6.07) is 18.2. The lowest BCUT2D eigenvalue weighted by molar-refractivity contribution is -0.132. The number of carbonyl (C=O) groups excluding carboxylic acids is 1. The van der Waals surface area contributed by atoms with E-state index in [2.05, 4.69) is 10.1 Å². The van der Waals surface area contributed by atoms with Crippen molar-refractivity contribution in [2.24, 2.45) is 0 Å². The van der Waals surface area contributed by atoms with Crippen molar-refractivity contribution in [2.45, 2.75) is 12.1 Å². The van der Waals surface area contributed by atoms with Crippen LogP contribution in [0.5, 0.6) is 5.75 Å². The number of nitrogens with zero attached hydrogens (tertiary/aromatic N) is 3. The molecule has 7 heteroatoms. The fourth-order valence-corrected chi connectivity index (χ4v) is 3.02. The molecule has 1 unspecified atom stereocenters. The predicted molar refractivity (Wildman–Crippen MR) is 95.7 cm³/mol. The summed E-state index contributed by atoms with van der Waals surface area (Å²) in [4.78, 5) is 18.0. The Bertz CT molecular complexity index is 916. The summed E-state index contributed by atoms with van der Waals surface area (Å²) in [5.41, 5.74) is -1.10. The molecule has 0 saturated carbocycles. The maximum Gasteiger partial charge on any atom is 0.260 e. The van der Waals surface area contributed by atoms with Gasteiger partial charge in [-0.25, -0.2) is 4.39 Å². The highest BCUT2D eigenvalue weighted by molar-refractivity contribution is 5.78. The summed E-state index contributed by atoms with van der Waals surface area (Å²) in [5.74, 6) is 0.563. The van der Waals surface area contributed by atoms with E-state index in [-0.39, 0.29) is 43.7 Å². The first-order valence-electron chi connectivity index (χ1n) is 8.68. The van der Waals surface area contributed by atoms with Gasteiger partial charge in [-0.05, 0) is 24.3 Å². The van der Waals surface area contributed by atoms with Crippen LogP contribution < -0.4 is 4.74 Å². The summed E-state index contributed by atoms with van der Waals surface area (Å²) in [5, 5.41) is 3.80. The molecule has 2 aromatic carbocycles. The topological polar surface area (TPSA) is 68.5 Å². The van der Waals surface area contributed by atoms with Crippen LogP contribution in [0.25, 0.3) is 11.5 Å². The predicted octanol–water partition coefficient (Wildman–Crippen LogP) is 3.21. The third-order valence-corrected chi connectivity index (χ3v) is 4.53. The number of amides is 1. The first-order valence-corrected chi connectivity index (χ1v) is 8.68. The van der Waals surface area contributed by atoms with Crippen LogP contribution in [0.3, 0.4) is 0 Å². The van der Waals surface area contributed by atoms with Gasteiger partial charge in [-0.2, -0.15) is 4.98 Å². The zero-order valence-electron chi connectivity index (χ0n) is 14.5. The van der Waals surface area contributed by atoms with Crippen molar-refractivity contribution in [1.29, 1.82) is 0 Å². The number of benzene rings is 2. The molecule has 1 amide bonds. The van der Waals surface area contributed by atoms with Crippen molar-refractivity contribution < 1.29 is 18.4 Å². The lowest BCUT2D eigenvalue weighted by atomic mass is 10.1. The number of hydrogen-bond donors (Lipinski definition) is 0. The summed E-state index contributed by atoms with van der Waals surface area (Å²) >= 11 is 0. The lowest BCUT2D eigenvalue weighted by Crippen LogP contribution is -2.35. The second-order valence-corrected chi connectivity index (χ2v) is 6.42. The standard InChI is InChI=1S/C20H18FN3O3/c21-20(19-22-18(27-23-19)15-7-3-1-4-8-15)11-12-24(14-20)17(25)13-26-16-9-5-2-6-10-16/h1-10H,11-14H2. The highest BCUT2D eigenvalue weighted by Crippen LogP contribution is 2.35. The van der Waals surface area contributed by atoms with E-state index >= 15 is 4.39 Å². The van der Waals surface area contributed by atoms with Crippen LogP contribution in [0.1, 0.15) is 12.2 Å². The number of hydrogen-bond acceptors (Lipinski definition) is 5. The highest BCUT2D eigenvalue weighted by atomic mass is 19.1. The number of aromatic nitrogens is 2. The van der Waals surface area contributed by atoms with Crippen molar-refractivity contribution in [3.63, 3.8) is 0 Å². The number of likely N-dealkylation sites (tertiary alicyclic amines) is 1. The zero-order chi connectivity index (χ0) is 18.7. The Hall–Kier alpha value is -3.22. The number of para-hydroxylation sites is 1. The minimum absolute atomic E-state index is 0.0272. The molecule has 0 N–H and O–H groups in total. The van der Waals surface area contributed by atoms with E-state index in [0.717, 1.165) is 5.56 Å². The Morgan fingerprint density at radius 1 is 1.15 bits per heavy atom. The van der Waals surface area contributed by atoms with Gasteiger partial charge in [0, 0.05) is 18.5 Å². The van der Waals surface area contributed by atoms with Crippen LogP contribution in [-0.2, 0) is 10.5 Å². The van der Waals surface area contributed by atoms with Gasteiger partial charge >= 0.3 is 0 Å². The maximum atomic E-state index is 15.3. The minimum atomic E-state index is -1.82. The molecule has 138 valence electrons. The molecule has 1 aliphatic rings. The number of rotatable bonds is 5. The molecule has 0 radical (unpaired) electrons. The SMILES string of the molecule is O=C(COc1ccccc1)N1CCC(F)(c2noc(-c3ccccc3)n2)C1. The summed E-state index contributed by atoms with van der Waals surface area (Å²) in [6.07, 6.45) is 0.123. The molecule has 4 rings (SSSR count). The molecule has 0 bridgehead atoms. The molecular formula is C20H18FN3O3. The fraction of sp³-hybridized carbons (Fsp3) is 0.250. The Kier molecular flexibility index (Phi) is 4.58. The third kappa shape index (κ3) is 3.67. The van der Waals surface area contributed by atoms with Gasteiger partial charge in [-0.1, -0.05) is 41.6 Å². The van der Waals surface area contributed by atoms with Crippen LogP contribution in [0.15, 0.2) is 65.2 Å². The van der Waals surface area contributed by atoms with Crippen molar-refractivity contribution in [3.8, 4) is 17.2 Å². The summed E-state index contributed by atoms with van der Waals surface area (Å²) in [7, 11) is 0. The summed E-state index contributed by atoms with van der Waals surface area (Å²) in [6.45, 7) is 0.0298. The largest absolute Gasteiger partial charge is 0.484 e. The number of ether oxygens (including phenoxy) is 1.